The predicted octanol–water partition coefficient (Wildman–Crippen LogP) is 5.73. The predicted molar refractivity (Wildman–Crippen MR) is 103 cm³/mol. The zero-order valence-corrected chi connectivity index (χ0v) is 16.9. The molecule has 0 aliphatic carbocycles. The van der Waals surface area contributed by atoms with Crippen LogP contribution in [0, 0.1) is 19.8 Å². The van der Waals surface area contributed by atoms with Gasteiger partial charge in [0.2, 0.25) is 0 Å². The largest absolute Gasteiger partial charge is 0.444 e. The quantitative estimate of drug-likeness (QED) is 0.642. The van der Waals surface area contributed by atoms with Crippen LogP contribution in [0.4, 0.5) is 4.79 Å². The minimum Gasteiger partial charge on any atom is -0.444 e. The molecule has 3 nitrogen and oxygen atoms in total. The van der Waals surface area contributed by atoms with Gasteiger partial charge in [-0.05, 0) is 82.2 Å². The molecule has 24 heavy (non-hydrogen) atoms. The Morgan fingerprint density at radius 2 is 1.75 bits per heavy atom. The Labute approximate surface area is 154 Å². The van der Waals surface area contributed by atoms with E-state index >= 15 is 0 Å². The summed E-state index contributed by atoms with van der Waals surface area (Å²) < 4.78 is 6.57. The smallest absolute Gasteiger partial charge is 0.410 e. The average molecular weight is 394 g/mol. The van der Waals surface area contributed by atoms with Crippen molar-refractivity contribution in [1.29, 1.82) is 0 Å². The molecule has 1 aliphatic rings. The van der Waals surface area contributed by atoms with Gasteiger partial charge in [0.15, 0.2) is 0 Å². The number of amides is 1. The van der Waals surface area contributed by atoms with Crippen LogP contribution in [0.3, 0.4) is 0 Å². The highest BCUT2D eigenvalue weighted by Crippen LogP contribution is 2.25. The van der Waals surface area contributed by atoms with Gasteiger partial charge in [0.1, 0.15) is 5.60 Å². The summed E-state index contributed by atoms with van der Waals surface area (Å²) in [5.41, 5.74) is 3.44. The van der Waals surface area contributed by atoms with Crippen LogP contribution in [0.25, 0.3) is 6.08 Å². The fourth-order valence-corrected chi connectivity index (χ4v) is 3.70. The topological polar surface area (TPSA) is 29.5 Å². The van der Waals surface area contributed by atoms with Crippen molar-refractivity contribution < 1.29 is 9.53 Å². The van der Waals surface area contributed by atoms with Crippen molar-refractivity contribution in [3.63, 3.8) is 0 Å². The van der Waals surface area contributed by atoms with Crippen LogP contribution in [0.1, 0.15) is 50.3 Å². The fourth-order valence-electron chi connectivity index (χ4n) is 3.02. The first kappa shape index (κ1) is 19.0. The van der Waals surface area contributed by atoms with Gasteiger partial charge in [-0.2, -0.15) is 0 Å². The summed E-state index contributed by atoms with van der Waals surface area (Å²) in [4.78, 5) is 13.9. The molecule has 1 heterocycles. The van der Waals surface area contributed by atoms with Gasteiger partial charge in [-0.25, -0.2) is 4.79 Å². The maximum Gasteiger partial charge on any atom is 0.410 e. The van der Waals surface area contributed by atoms with Crippen LogP contribution in [-0.4, -0.2) is 29.7 Å². The minimum absolute atomic E-state index is 0.190. The van der Waals surface area contributed by atoms with E-state index in [2.05, 4.69) is 54.1 Å². The van der Waals surface area contributed by atoms with Crippen molar-refractivity contribution in [3.05, 3.63) is 39.4 Å². The minimum atomic E-state index is -0.426. The van der Waals surface area contributed by atoms with Crippen molar-refractivity contribution in [2.75, 3.05) is 13.1 Å². The number of aryl methyl sites for hydroxylation is 2. The van der Waals surface area contributed by atoms with Gasteiger partial charge in [0.25, 0.3) is 0 Å². The molecule has 2 rings (SSSR count). The summed E-state index contributed by atoms with van der Waals surface area (Å²) in [5.74, 6) is 0.520. The number of hydrogen-bond acceptors (Lipinski definition) is 2. The van der Waals surface area contributed by atoms with Crippen LogP contribution >= 0.6 is 15.9 Å². The Kier molecular flexibility index (Phi) is 6.13. The molecule has 0 saturated carbocycles. The lowest BCUT2D eigenvalue weighted by atomic mass is 9.94. The number of allylic oxidation sites excluding steroid dienone is 1. The molecule has 0 atom stereocenters. The van der Waals surface area contributed by atoms with E-state index in [4.69, 9.17) is 4.74 Å². The molecule has 1 aliphatic heterocycles. The molecule has 0 bridgehead atoms. The Balaban J connectivity index is 1.93. The normalized spacial score (nSPS) is 16.7. The van der Waals surface area contributed by atoms with Gasteiger partial charge in [0.05, 0.1) is 0 Å². The first-order chi connectivity index (χ1) is 11.2. The van der Waals surface area contributed by atoms with Gasteiger partial charge in [-0.3, -0.25) is 0 Å². The highest BCUT2D eigenvalue weighted by Gasteiger charge is 2.25. The van der Waals surface area contributed by atoms with E-state index in [1.807, 2.05) is 25.7 Å². The van der Waals surface area contributed by atoms with Gasteiger partial charge >= 0.3 is 6.09 Å². The van der Waals surface area contributed by atoms with Crippen molar-refractivity contribution in [3.8, 4) is 0 Å². The van der Waals surface area contributed by atoms with Gasteiger partial charge < -0.3 is 9.64 Å². The molecule has 4 heteroatoms. The summed E-state index contributed by atoms with van der Waals surface area (Å²) >= 11 is 3.54. The maximum atomic E-state index is 12.1. The second kappa shape index (κ2) is 7.73. The first-order valence-corrected chi connectivity index (χ1v) is 9.38. The lowest BCUT2D eigenvalue weighted by Gasteiger charge is -2.32. The number of rotatable bonds is 2. The summed E-state index contributed by atoms with van der Waals surface area (Å²) in [7, 11) is 0. The van der Waals surface area contributed by atoms with Crippen molar-refractivity contribution in [2.24, 2.45) is 5.92 Å². The first-order valence-electron chi connectivity index (χ1n) is 8.58. The number of halogens is 1. The van der Waals surface area contributed by atoms with E-state index in [1.54, 1.807) is 0 Å². The Morgan fingerprint density at radius 1 is 1.21 bits per heavy atom. The molecule has 0 aromatic heterocycles. The molecule has 1 aromatic rings. The third kappa shape index (κ3) is 5.37. The third-order valence-electron chi connectivity index (χ3n) is 4.28. The number of carbonyl (C=O) groups excluding carboxylic acids is 1. The average Bonchev–Trinajstić information content (AvgIpc) is 2.45. The third-order valence-corrected chi connectivity index (χ3v) is 4.74. The van der Waals surface area contributed by atoms with Gasteiger partial charge in [-0.1, -0.05) is 28.1 Å². The van der Waals surface area contributed by atoms with E-state index in [0.717, 1.165) is 30.4 Å². The summed E-state index contributed by atoms with van der Waals surface area (Å²) in [5, 5.41) is 0. The molecule has 0 radical (unpaired) electrons. The molecular formula is C20H28BrNO2. The van der Waals surface area contributed by atoms with Crippen LogP contribution in [0.2, 0.25) is 0 Å². The zero-order valence-electron chi connectivity index (χ0n) is 15.4. The molecular weight excluding hydrogens is 366 g/mol. The summed E-state index contributed by atoms with van der Waals surface area (Å²) in [6, 6.07) is 4.30. The number of likely N-dealkylation sites (tertiary alicyclic amines) is 1. The van der Waals surface area contributed by atoms with Gasteiger partial charge in [0, 0.05) is 17.6 Å². The van der Waals surface area contributed by atoms with Crippen LogP contribution in [0.15, 0.2) is 22.7 Å². The van der Waals surface area contributed by atoms with Crippen LogP contribution in [-0.2, 0) is 4.74 Å². The highest BCUT2D eigenvalue weighted by atomic mass is 79.9. The molecule has 0 N–H and O–H groups in total. The number of nitrogens with zero attached hydrogens (tertiary/aromatic N) is 1. The number of ether oxygens (including phenoxy) is 1. The lowest BCUT2D eigenvalue weighted by molar-refractivity contribution is 0.0197. The second-order valence-corrected chi connectivity index (χ2v) is 8.53. The lowest BCUT2D eigenvalue weighted by Crippen LogP contribution is -2.41. The number of benzene rings is 1. The zero-order chi connectivity index (χ0) is 17.9. The molecule has 1 aromatic carbocycles. The van der Waals surface area contributed by atoms with Crippen LogP contribution in [0.5, 0.6) is 0 Å². The standard InChI is InChI=1S/C20H28BrNO2/c1-14-12-17(21)13-15(2)18(14)7-6-16-8-10-22(11-9-16)19(23)24-20(3,4)5/h6-7,12-13,16H,8-11H2,1-5H3. The van der Waals surface area contributed by atoms with E-state index < -0.39 is 5.60 Å². The molecule has 0 spiro atoms. The SMILES string of the molecule is Cc1cc(Br)cc(C)c1C=CC1CCN(C(=O)OC(C)(C)C)CC1. The monoisotopic (exact) mass is 393 g/mol. The summed E-state index contributed by atoms with van der Waals surface area (Å²) in [6.45, 7) is 11.5. The van der Waals surface area contributed by atoms with E-state index in [9.17, 15) is 4.79 Å². The Hall–Kier alpha value is -1.29. The Morgan fingerprint density at radius 3 is 2.25 bits per heavy atom. The summed E-state index contributed by atoms with van der Waals surface area (Å²) in [6.07, 6.45) is 6.33. The van der Waals surface area contributed by atoms with Crippen molar-refractivity contribution in [2.45, 2.75) is 53.1 Å². The maximum absolute atomic E-state index is 12.1. The highest BCUT2D eigenvalue weighted by molar-refractivity contribution is 9.10. The fraction of sp³-hybridized carbons (Fsp3) is 0.550. The number of carbonyl (C=O) groups is 1. The van der Waals surface area contributed by atoms with E-state index in [-0.39, 0.29) is 6.09 Å². The molecule has 1 fully saturated rings. The van der Waals surface area contributed by atoms with Gasteiger partial charge in [-0.15, -0.1) is 0 Å². The molecule has 1 amide bonds. The van der Waals surface area contributed by atoms with E-state index in [0.29, 0.717) is 5.92 Å². The molecule has 0 unspecified atom stereocenters. The number of piperidine rings is 1. The van der Waals surface area contributed by atoms with E-state index in [1.165, 1.54) is 16.7 Å². The second-order valence-electron chi connectivity index (χ2n) is 7.62. The van der Waals surface area contributed by atoms with Crippen LogP contribution < -0.4 is 0 Å². The van der Waals surface area contributed by atoms with Crippen molar-refractivity contribution >= 4 is 28.1 Å². The number of hydrogen-bond donors (Lipinski definition) is 0. The Bertz CT molecular complexity index is 600. The van der Waals surface area contributed by atoms with Crippen molar-refractivity contribution in [1.82, 2.24) is 4.90 Å². The molecule has 132 valence electrons. The molecule has 1 saturated heterocycles.